The maximum Gasteiger partial charge on any atom is 0.246 e. The molecule has 0 spiro atoms. The summed E-state index contributed by atoms with van der Waals surface area (Å²) in [4.78, 5) is 0.202. The van der Waals surface area contributed by atoms with Crippen molar-refractivity contribution in [1.82, 2.24) is 14.5 Å². The zero-order valence-electron chi connectivity index (χ0n) is 10.9. The molecule has 1 aromatic heterocycles. The molecule has 18 heavy (non-hydrogen) atoms. The van der Waals surface area contributed by atoms with Crippen molar-refractivity contribution in [3.05, 3.63) is 11.4 Å². The van der Waals surface area contributed by atoms with Gasteiger partial charge in [-0.25, -0.2) is 8.42 Å². The standard InChI is InChI=1S/C10H18ClN3O2S2/c1-7(6-17-4)14(3)18(15,16)10-8(2)12-13-9(10)5-11/h7H,5-6H2,1-4H3,(H,12,13). The second-order valence-corrected chi connectivity index (χ2v) is 7.20. The van der Waals surface area contributed by atoms with Gasteiger partial charge in [-0.1, -0.05) is 0 Å². The van der Waals surface area contributed by atoms with Crippen LogP contribution < -0.4 is 0 Å². The first kappa shape index (κ1) is 15.8. The summed E-state index contributed by atoms with van der Waals surface area (Å²) in [5.41, 5.74) is 0.895. The summed E-state index contributed by atoms with van der Waals surface area (Å²) in [5.74, 6) is 0.812. The molecule has 0 amide bonds. The van der Waals surface area contributed by atoms with Crippen LogP contribution in [0.3, 0.4) is 0 Å². The highest BCUT2D eigenvalue weighted by Gasteiger charge is 2.30. The van der Waals surface area contributed by atoms with Crippen molar-refractivity contribution in [1.29, 1.82) is 0 Å². The molecule has 8 heteroatoms. The van der Waals surface area contributed by atoms with Crippen LogP contribution in [0.4, 0.5) is 0 Å². The van der Waals surface area contributed by atoms with Gasteiger partial charge in [0.15, 0.2) is 0 Å². The largest absolute Gasteiger partial charge is 0.281 e. The van der Waals surface area contributed by atoms with Crippen LogP contribution in [-0.2, 0) is 15.9 Å². The first-order chi connectivity index (χ1) is 8.36. The predicted molar refractivity (Wildman–Crippen MR) is 75.7 cm³/mol. The Morgan fingerprint density at radius 2 is 2.17 bits per heavy atom. The van der Waals surface area contributed by atoms with Crippen LogP contribution in [0.15, 0.2) is 4.90 Å². The molecule has 1 unspecified atom stereocenters. The molecule has 1 N–H and O–H groups in total. The van der Waals surface area contributed by atoms with E-state index in [1.54, 1.807) is 25.7 Å². The third-order valence-electron chi connectivity index (χ3n) is 2.75. The minimum Gasteiger partial charge on any atom is -0.281 e. The molecule has 104 valence electrons. The maximum atomic E-state index is 12.5. The monoisotopic (exact) mass is 311 g/mol. The molecule has 0 aromatic carbocycles. The third kappa shape index (κ3) is 3.01. The summed E-state index contributed by atoms with van der Waals surface area (Å²) in [5, 5.41) is 6.59. The number of aromatic amines is 1. The van der Waals surface area contributed by atoms with Gasteiger partial charge in [0, 0.05) is 18.8 Å². The fourth-order valence-electron chi connectivity index (χ4n) is 1.63. The van der Waals surface area contributed by atoms with Crippen LogP contribution in [0.2, 0.25) is 0 Å². The average Bonchev–Trinajstić information content (AvgIpc) is 2.70. The third-order valence-corrected chi connectivity index (χ3v) is 6.00. The molecule has 0 radical (unpaired) electrons. The Hall–Kier alpha value is -0.240. The van der Waals surface area contributed by atoms with Gasteiger partial charge in [0.05, 0.1) is 17.3 Å². The van der Waals surface area contributed by atoms with Gasteiger partial charge in [0.1, 0.15) is 4.90 Å². The van der Waals surface area contributed by atoms with E-state index in [0.717, 1.165) is 5.75 Å². The highest BCUT2D eigenvalue weighted by atomic mass is 35.5. The Labute approximate surface area is 117 Å². The molecular formula is C10H18ClN3O2S2. The predicted octanol–water partition coefficient (Wildman–Crippen LogP) is 1.83. The molecule has 5 nitrogen and oxygen atoms in total. The number of aryl methyl sites for hydroxylation is 1. The number of nitrogens with zero attached hydrogens (tertiary/aromatic N) is 2. The SMILES string of the molecule is CSCC(C)N(C)S(=O)(=O)c1c(CCl)n[nH]c1C. The van der Waals surface area contributed by atoms with Crippen LogP contribution in [-0.4, -0.2) is 48.0 Å². The quantitative estimate of drug-likeness (QED) is 0.814. The topological polar surface area (TPSA) is 66.1 Å². The number of H-pyrrole nitrogens is 1. The van der Waals surface area contributed by atoms with Gasteiger partial charge >= 0.3 is 0 Å². The van der Waals surface area contributed by atoms with Gasteiger partial charge in [-0.05, 0) is 20.1 Å². The molecule has 0 aliphatic rings. The molecule has 1 rings (SSSR count). The summed E-state index contributed by atoms with van der Waals surface area (Å²) in [6.45, 7) is 3.56. The van der Waals surface area contributed by atoms with Crippen LogP contribution in [0.1, 0.15) is 18.3 Å². The number of aromatic nitrogens is 2. The first-order valence-corrected chi connectivity index (χ1v) is 8.79. The fourth-order valence-corrected chi connectivity index (χ4v) is 4.39. The van der Waals surface area contributed by atoms with Gasteiger partial charge in [-0.3, -0.25) is 5.10 Å². The molecule has 0 saturated carbocycles. The van der Waals surface area contributed by atoms with Crippen molar-refractivity contribution in [3.63, 3.8) is 0 Å². The van der Waals surface area contributed by atoms with Crippen molar-refractivity contribution >= 4 is 33.4 Å². The van der Waals surface area contributed by atoms with Gasteiger partial charge < -0.3 is 0 Å². The second-order valence-electron chi connectivity index (χ2n) is 4.08. The van der Waals surface area contributed by atoms with Gasteiger partial charge in [0.25, 0.3) is 0 Å². The number of alkyl halides is 1. The van der Waals surface area contributed by atoms with Crippen molar-refractivity contribution in [2.45, 2.75) is 30.7 Å². The van der Waals surface area contributed by atoms with Crippen LogP contribution in [0.25, 0.3) is 0 Å². The second kappa shape index (κ2) is 6.27. The Morgan fingerprint density at radius 1 is 1.56 bits per heavy atom. The maximum absolute atomic E-state index is 12.5. The Kier molecular flexibility index (Phi) is 5.51. The fraction of sp³-hybridized carbons (Fsp3) is 0.700. The van der Waals surface area contributed by atoms with Gasteiger partial charge in [0.2, 0.25) is 10.0 Å². The lowest BCUT2D eigenvalue weighted by Gasteiger charge is -2.23. The lowest BCUT2D eigenvalue weighted by Crippen LogP contribution is -2.37. The average molecular weight is 312 g/mol. The normalized spacial score (nSPS) is 14.1. The van der Waals surface area contributed by atoms with E-state index in [2.05, 4.69) is 10.2 Å². The van der Waals surface area contributed by atoms with E-state index >= 15 is 0 Å². The van der Waals surface area contributed by atoms with Gasteiger partial charge in [-0.15, -0.1) is 11.6 Å². The Balaban J connectivity index is 3.17. The Bertz CT molecular complexity index is 501. The van der Waals surface area contributed by atoms with E-state index < -0.39 is 10.0 Å². The minimum atomic E-state index is -3.55. The van der Waals surface area contributed by atoms with Crippen molar-refractivity contribution < 1.29 is 8.42 Å². The number of thioether (sulfide) groups is 1. The summed E-state index contributed by atoms with van der Waals surface area (Å²) in [6.07, 6.45) is 1.95. The van der Waals surface area contributed by atoms with Crippen LogP contribution in [0.5, 0.6) is 0 Å². The number of hydrogen-bond donors (Lipinski definition) is 1. The van der Waals surface area contributed by atoms with E-state index in [9.17, 15) is 8.42 Å². The van der Waals surface area contributed by atoms with E-state index in [1.165, 1.54) is 4.31 Å². The summed E-state index contributed by atoms with van der Waals surface area (Å²) < 4.78 is 26.4. The smallest absolute Gasteiger partial charge is 0.246 e. The van der Waals surface area contributed by atoms with Crippen LogP contribution in [0, 0.1) is 6.92 Å². The highest BCUT2D eigenvalue weighted by Crippen LogP contribution is 2.24. The number of sulfonamides is 1. The molecule has 0 aliphatic heterocycles. The van der Waals surface area contributed by atoms with Crippen molar-refractivity contribution in [2.75, 3.05) is 19.1 Å². The lowest BCUT2D eigenvalue weighted by molar-refractivity contribution is 0.414. The van der Waals surface area contributed by atoms with E-state index in [1.807, 2.05) is 13.2 Å². The summed E-state index contributed by atoms with van der Waals surface area (Å²) in [6, 6.07) is -0.0810. The minimum absolute atomic E-state index is 0.0731. The zero-order chi connectivity index (χ0) is 13.9. The lowest BCUT2D eigenvalue weighted by atomic mass is 10.4. The van der Waals surface area contributed by atoms with E-state index in [-0.39, 0.29) is 16.8 Å². The van der Waals surface area contributed by atoms with Gasteiger partial charge in [-0.2, -0.15) is 21.2 Å². The van der Waals surface area contributed by atoms with E-state index in [0.29, 0.717) is 11.4 Å². The molecule has 0 fully saturated rings. The molecule has 1 heterocycles. The number of nitrogens with one attached hydrogen (secondary N) is 1. The highest BCUT2D eigenvalue weighted by molar-refractivity contribution is 7.98. The Morgan fingerprint density at radius 3 is 2.67 bits per heavy atom. The zero-order valence-corrected chi connectivity index (χ0v) is 13.3. The van der Waals surface area contributed by atoms with Crippen LogP contribution >= 0.6 is 23.4 Å². The summed E-state index contributed by atoms with van der Waals surface area (Å²) >= 11 is 7.34. The van der Waals surface area contributed by atoms with Crippen molar-refractivity contribution in [2.24, 2.45) is 0 Å². The summed E-state index contributed by atoms with van der Waals surface area (Å²) in [7, 11) is -1.96. The number of halogens is 1. The molecule has 1 atom stereocenters. The molecule has 0 bridgehead atoms. The molecule has 1 aromatic rings. The van der Waals surface area contributed by atoms with E-state index in [4.69, 9.17) is 11.6 Å². The number of hydrogen-bond acceptors (Lipinski definition) is 4. The molecular weight excluding hydrogens is 294 g/mol. The number of rotatable bonds is 6. The molecule has 0 aliphatic carbocycles. The molecule has 0 saturated heterocycles. The first-order valence-electron chi connectivity index (χ1n) is 5.43. The van der Waals surface area contributed by atoms with Crippen molar-refractivity contribution in [3.8, 4) is 0 Å².